The molecule has 27 heavy (non-hydrogen) atoms. The molecule has 1 aliphatic rings. The van der Waals surface area contributed by atoms with Crippen molar-refractivity contribution in [2.24, 2.45) is 0 Å². The zero-order chi connectivity index (χ0) is 18.8. The van der Waals surface area contributed by atoms with E-state index in [1.54, 1.807) is 16.2 Å². The lowest BCUT2D eigenvalue weighted by Crippen LogP contribution is -2.50. The van der Waals surface area contributed by atoms with Crippen LogP contribution in [0.2, 0.25) is 0 Å². The number of carbonyl (C=O) groups excluding carboxylic acids is 1. The highest BCUT2D eigenvalue weighted by atomic mass is 32.1. The summed E-state index contributed by atoms with van der Waals surface area (Å²) >= 11 is 1.75. The van der Waals surface area contributed by atoms with E-state index < -0.39 is 0 Å². The minimum atomic E-state index is -0.181. The van der Waals surface area contributed by atoms with Crippen LogP contribution in [0.4, 0.5) is 16.3 Å². The molecule has 1 saturated heterocycles. The predicted octanol–water partition coefficient (Wildman–Crippen LogP) is 3.36. The summed E-state index contributed by atoms with van der Waals surface area (Å²) in [5.41, 5.74) is 2.71. The SMILES string of the molecule is COc1nc2ccccc2nc1NC(=O)N1CCN(c2ccsc2C)CC1. The summed E-state index contributed by atoms with van der Waals surface area (Å²) in [6.45, 7) is 5.07. The van der Waals surface area contributed by atoms with E-state index in [0.717, 1.165) is 18.6 Å². The van der Waals surface area contributed by atoms with E-state index in [1.807, 2.05) is 24.3 Å². The monoisotopic (exact) mass is 383 g/mol. The fraction of sp³-hybridized carbons (Fsp3) is 0.316. The van der Waals surface area contributed by atoms with Crippen molar-refractivity contribution in [2.45, 2.75) is 6.92 Å². The molecule has 7 nitrogen and oxygen atoms in total. The number of nitrogens with zero attached hydrogens (tertiary/aromatic N) is 4. The van der Waals surface area contributed by atoms with Gasteiger partial charge >= 0.3 is 6.03 Å². The van der Waals surface area contributed by atoms with Gasteiger partial charge < -0.3 is 14.5 Å². The first-order valence-electron chi connectivity index (χ1n) is 8.81. The van der Waals surface area contributed by atoms with Crippen LogP contribution in [-0.2, 0) is 0 Å². The highest BCUT2D eigenvalue weighted by molar-refractivity contribution is 7.10. The summed E-state index contributed by atoms with van der Waals surface area (Å²) in [6.07, 6.45) is 0. The van der Waals surface area contributed by atoms with Crippen LogP contribution in [0, 0.1) is 6.92 Å². The van der Waals surface area contributed by atoms with Crippen molar-refractivity contribution in [3.05, 3.63) is 40.6 Å². The van der Waals surface area contributed by atoms with Crippen LogP contribution >= 0.6 is 11.3 Å². The topological polar surface area (TPSA) is 70.6 Å². The number of aromatic nitrogens is 2. The Morgan fingerprint density at radius 2 is 1.81 bits per heavy atom. The van der Waals surface area contributed by atoms with Gasteiger partial charge in [-0.3, -0.25) is 5.32 Å². The molecular formula is C19H21N5O2S. The lowest BCUT2D eigenvalue weighted by atomic mass is 10.2. The number of urea groups is 1. The third-order valence-electron chi connectivity index (χ3n) is 4.70. The second kappa shape index (κ2) is 7.40. The molecule has 0 radical (unpaired) electrons. The number of ether oxygens (including phenoxy) is 1. The van der Waals surface area contributed by atoms with Crippen molar-refractivity contribution in [1.82, 2.24) is 14.9 Å². The molecule has 140 valence electrons. The lowest BCUT2D eigenvalue weighted by Gasteiger charge is -2.35. The smallest absolute Gasteiger partial charge is 0.323 e. The minimum absolute atomic E-state index is 0.181. The van der Waals surface area contributed by atoms with E-state index in [1.165, 1.54) is 17.7 Å². The van der Waals surface area contributed by atoms with Crippen LogP contribution in [0.15, 0.2) is 35.7 Å². The number of thiophene rings is 1. The Bertz CT molecular complexity index is 966. The Labute approximate surface area is 161 Å². The highest BCUT2D eigenvalue weighted by Crippen LogP contribution is 2.27. The molecule has 2 aromatic heterocycles. The number of amides is 2. The van der Waals surface area contributed by atoms with E-state index >= 15 is 0 Å². The Balaban J connectivity index is 1.45. The lowest BCUT2D eigenvalue weighted by molar-refractivity contribution is 0.208. The summed E-state index contributed by atoms with van der Waals surface area (Å²) in [5.74, 6) is 0.659. The van der Waals surface area contributed by atoms with Gasteiger partial charge in [0.2, 0.25) is 0 Å². The number of aryl methyl sites for hydroxylation is 1. The van der Waals surface area contributed by atoms with Gasteiger partial charge in [0.25, 0.3) is 5.88 Å². The molecule has 0 saturated carbocycles. The molecule has 1 aromatic carbocycles. The quantitative estimate of drug-likeness (QED) is 0.751. The van der Waals surface area contributed by atoms with Gasteiger partial charge in [0.1, 0.15) is 0 Å². The standard InChI is InChI=1S/C19H21N5O2S/c1-13-16(7-12-27-13)23-8-10-24(11-9-23)19(25)22-17-18(26-2)21-15-6-4-3-5-14(15)20-17/h3-7,12H,8-11H2,1-2H3,(H,20,22,25). The number of piperazine rings is 1. The third kappa shape index (κ3) is 3.52. The molecule has 1 fully saturated rings. The van der Waals surface area contributed by atoms with Crippen molar-refractivity contribution >= 4 is 39.9 Å². The summed E-state index contributed by atoms with van der Waals surface area (Å²) in [5, 5.41) is 4.96. The van der Waals surface area contributed by atoms with Gasteiger partial charge in [0.15, 0.2) is 5.82 Å². The molecular weight excluding hydrogens is 362 g/mol. The largest absolute Gasteiger partial charge is 0.478 e. The number of carbonyl (C=O) groups is 1. The molecule has 0 aliphatic carbocycles. The molecule has 0 unspecified atom stereocenters. The van der Waals surface area contributed by atoms with Gasteiger partial charge in [0, 0.05) is 31.1 Å². The Morgan fingerprint density at radius 1 is 1.11 bits per heavy atom. The van der Waals surface area contributed by atoms with E-state index in [0.29, 0.717) is 30.3 Å². The van der Waals surface area contributed by atoms with E-state index in [2.05, 4.69) is 38.6 Å². The number of para-hydroxylation sites is 2. The molecule has 0 bridgehead atoms. The number of fused-ring (bicyclic) bond motifs is 1. The van der Waals surface area contributed by atoms with Gasteiger partial charge in [-0.15, -0.1) is 11.3 Å². The van der Waals surface area contributed by atoms with Crippen LogP contribution < -0.4 is 15.0 Å². The van der Waals surface area contributed by atoms with E-state index in [4.69, 9.17) is 4.74 Å². The maximum absolute atomic E-state index is 12.7. The van der Waals surface area contributed by atoms with Crippen LogP contribution in [-0.4, -0.2) is 54.2 Å². The van der Waals surface area contributed by atoms with Gasteiger partial charge in [-0.1, -0.05) is 12.1 Å². The molecule has 3 heterocycles. The van der Waals surface area contributed by atoms with Gasteiger partial charge in [-0.2, -0.15) is 0 Å². The number of methoxy groups -OCH3 is 1. The average Bonchev–Trinajstić information content (AvgIpc) is 3.13. The summed E-state index contributed by atoms with van der Waals surface area (Å²) in [7, 11) is 1.52. The van der Waals surface area contributed by atoms with Gasteiger partial charge in [-0.25, -0.2) is 14.8 Å². The van der Waals surface area contributed by atoms with E-state index in [9.17, 15) is 4.79 Å². The Morgan fingerprint density at radius 3 is 2.44 bits per heavy atom. The number of hydrogen-bond acceptors (Lipinski definition) is 6. The molecule has 3 aromatic rings. The molecule has 8 heteroatoms. The fourth-order valence-corrected chi connectivity index (χ4v) is 3.96. The fourth-order valence-electron chi connectivity index (χ4n) is 3.24. The maximum atomic E-state index is 12.7. The predicted molar refractivity (Wildman–Crippen MR) is 108 cm³/mol. The minimum Gasteiger partial charge on any atom is -0.478 e. The molecule has 0 spiro atoms. The Hall–Kier alpha value is -2.87. The van der Waals surface area contributed by atoms with Crippen molar-refractivity contribution in [1.29, 1.82) is 0 Å². The first-order chi connectivity index (χ1) is 13.2. The summed E-state index contributed by atoms with van der Waals surface area (Å²) < 4.78 is 5.31. The van der Waals surface area contributed by atoms with Crippen LogP contribution in [0.3, 0.4) is 0 Å². The zero-order valence-electron chi connectivity index (χ0n) is 15.3. The van der Waals surface area contributed by atoms with Crippen molar-refractivity contribution in [3.8, 4) is 5.88 Å². The molecule has 2 amide bonds. The molecule has 1 N–H and O–H groups in total. The number of benzene rings is 1. The van der Waals surface area contributed by atoms with Gasteiger partial charge in [0.05, 0.1) is 23.8 Å². The second-order valence-electron chi connectivity index (χ2n) is 6.34. The summed E-state index contributed by atoms with van der Waals surface area (Å²) in [6, 6.07) is 9.47. The van der Waals surface area contributed by atoms with Gasteiger partial charge in [-0.05, 0) is 30.5 Å². The van der Waals surface area contributed by atoms with Crippen molar-refractivity contribution in [3.63, 3.8) is 0 Å². The summed E-state index contributed by atoms with van der Waals surface area (Å²) in [4.78, 5) is 27.1. The zero-order valence-corrected chi connectivity index (χ0v) is 16.1. The average molecular weight is 383 g/mol. The molecule has 1 aliphatic heterocycles. The number of hydrogen-bond donors (Lipinski definition) is 1. The Kier molecular flexibility index (Phi) is 4.81. The molecule has 4 rings (SSSR count). The number of rotatable bonds is 3. The number of anilines is 2. The molecule has 0 atom stereocenters. The number of nitrogens with one attached hydrogen (secondary N) is 1. The normalized spacial score (nSPS) is 14.4. The highest BCUT2D eigenvalue weighted by Gasteiger charge is 2.24. The third-order valence-corrected chi connectivity index (χ3v) is 5.53. The van der Waals surface area contributed by atoms with Crippen LogP contribution in [0.25, 0.3) is 11.0 Å². The first kappa shape index (κ1) is 17.5. The van der Waals surface area contributed by atoms with E-state index in [-0.39, 0.29) is 6.03 Å². The van der Waals surface area contributed by atoms with Crippen LogP contribution in [0.1, 0.15) is 4.88 Å². The van der Waals surface area contributed by atoms with Crippen molar-refractivity contribution < 1.29 is 9.53 Å². The first-order valence-corrected chi connectivity index (χ1v) is 9.69. The van der Waals surface area contributed by atoms with Crippen LogP contribution in [0.5, 0.6) is 5.88 Å². The maximum Gasteiger partial charge on any atom is 0.323 e. The van der Waals surface area contributed by atoms with Crippen molar-refractivity contribution in [2.75, 3.05) is 43.5 Å². The second-order valence-corrected chi connectivity index (χ2v) is 7.46.